The molecule has 0 fully saturated rings. The van der Waals surface area contributed by atoms with Crippen molar-refractivity contribution in [3.63, 3.8) is 0 Å². The maximum Gasteiger partial charge on any atom is 0.131 e. The van der Waals surface area contributed by atoms with E-state index in [0.717, 1.165) is 45.7 Å². The average molecular weight is 517 g/mol. The van der Waals surface area contributed by atoms with Crippen molar-refractivity contribution >= 4 is 0 Å². The molecule has 0 radical (unpaired) electrons. The Kier molecular flexibility index (Phi) is 8.50. The molecule has 9 nitrogen and oxygen atoms in total. The summed E-state index contributed by atoms with van der Waals surface area (Å²) < 4.78 is 34.2. The lowest BCUT2D eigenvalue weighted by atomic mass is 9.80. The molecule has 0 saturated heterocycles. The van der Waals surface area contributed by atoms with Gasteiger partial charge in [-0.05, 0) is 50.3 Å². The molecule has 9 heteroatoms. The summed E-state index contributed by atoms with van der Waals surface area (Å²) >= 11 is 0. The fourth-order valence-corrected chi connectivity index (χ4v) is 5.58. The normalized spacial score (nSPS) is 18.2. The highest BCUT2D eigenvalue weighted by Crippen LogP contribution is 2.43. The first-order chi connectivity index (χ1) is 17.8. The Hall–Kier alpha value is -2.56. The van der Waals surface area contributed by atoms with Gasteiger partial charge in [-0.1, -0.05) is 0 Å². The number of aliphatic hydroxyl groups is 1. The second-order valence-electron chi connectivity index (χ2n) is 9.83. The van der Waals surface area contributed by atoms with Crippen molar-refractivity contribution in [2.75, 3.05) is 41.7 Å². The number of methoxy groups -OCH3 is 4. The molecule has 5 N–H and O–H groups in total. The molecule has 2 aliphatic heterocycles. The van der Waals surface area contributed by atoms with Gasteiger partial charge in [0.1, 0.15) is 28.6 Å². The van der Waals surface area contributed by atoms with Gasteiger partial charge < -0.3 is 45.0 Å². The van der Waals surface area contributed by atoms with Crippen molar-refractivity contribution in [3.05, 3.63) is 45.5 Å². The van der Waals surface area contributed by atoms with Crippen LogP contribution in [0.1, 0.15) is 46.7 Å². The van der Waals surface area contributed by atoms with Crippen molar-refractivity contribution in [2.24, 2.45) is 11.5 Å². The first-order valence-electron chi connectivity index (χ1n) is 12.7. The molecule has 2 aromatic carbocycles. The number of rotatable bonds is 10. The third-order valence-electron chi connectivity index (χ3n) is 7.72. The summed E-state index contributed by atoms with van der Waals surface area (Å²) in [5.41, 5.74) is 17.3. The molecule has 0 saturated carbocycles. The van der Waals surface area contributed by atoms with Gasteiger partial charge in [0.25, 0.3) is 0 Å². The van der Waals surface area contributed by atoms with Crippen molar-refractivity contribution in [2.45, 2.75) is 63.5 Å². The topological polar surface area (TPSA) is 128 Å². The van der Waals surface area contributed by atoms with Gasteiger partial charge in [-0.25, -0.2) is 0 Å². The highest BCUT2D eigenvalue weighted by atomic mass is 16.5. The molecule has 2 aliphatic rings. The monoisotopic (exact) mass is 516 g/mol. The molecule has 0 aromatic heterocycles. The van der Waals surface area contributed by atoms with Gasteiger partial charge in [0.05, 0.1) is 60.9 Å². The molecule has 0 spiro atoms. The van der Waals surface area contributed by atoms with Crippen LogP contribution in [0.25, 0.3) is 0 Å². The molecule has 0 aliphatic carbocycles. The minimum Gasteiger partial charge on any atom is -0.496 e. The van der Waals surface area contributed by atoms with E-state index in [0.29, 0.717) is 62.8 Å². The third kappa shape index (κ3) is 5.11. The second kappa shape index (κ2) is 11.4. The predicted octanol–water partition coefficient (Wildman–Crippen LogP) is 2.36. The highest BCUT2D eigenvalue weighted by Gasteiger charge is 2.40. The van der Waals surface area contributed by atoms with E-state index in [4.69, 9.17) is 39.9 Å². The lowest BCUT2D eigenvalue weighted by Crippen LogP contribution is -2.54. The summed E-state index contributed by atoms with van der Waals surface area (Å²) in [5, 5.41) is 11.8. The van der Waals surface area contributed by atoms with Crippen LogP contribution in [0, 0.1) is 0 Å². The van der Waals surface area contributed by atoms with Crippen molar-refractivity contribution < 1.29 is 33.5 Å². The number of nitrogens with two attached hydrogens (primary N) is 2. The third-order valence-corrected chi connectivity index (χ3v) is 7.72. The Balaban J connectivity index is 1.60. The summed E-state index contributed by atoms with van der Waals surface area (Å²) in [5.74, 6) is 2.86. The SMILES string of the molecule is COc1cc(CCC(N)C(N)C(C)(O)c2cc(OC)c3c(c2OC)COCC3)c(OC)c2c1CCOC2. The lowest BCUT2D eigenvalue weighted by Gasteiger charge is -2.37. The smallest absolute Gasteiger partial charge is 0.131 e. The van der Waals surface area contributed by atoms with E-state index in [9.17, 15) is 5.11 Å². The number of benzene rings is 2. The molecule has 0 amide bonds. The summed E-state index contributed by atoms with van der Waals surface area (Å²) in [6.07, 6.45) is 2.60. The van der Waals surface area contributed by atoms with Crippen LogP contribution in [0.4, 0.5) is 0 Å². The molecule has 2 heterocycles. The zero-order valence-electron chi connectivity index (χ0n) is 22.5. The quantitative estimate of drug-likeness (QED) is 0.436. The number of ether oxygens (including phenoxy) is 6. The zero-order valence-corrected chi connectivity index (χ0v) is 22.5. The summed E-state index contributed by atoms with van der Waals surface area (Å²) in [6.45, 7) is 3.79. The number of hydrogen-bond acceptors (Lipinski definition) is 9. The average Bonchev–Trinajstić information content (AvgIpc) is 2.93. The highest BCUT2D eigenvalue weighted by molar-refractivity contribution is 5.57. The molecule has 4 rings (SSSR count). The predicted molar refractivity (Wildman–Crippen MR) is 140 cm³/mol. The first-order valence-corrected chi connectivity index (χ1v) is 12.7. The van der Waals surface area contributed by atoms with Crippen LogP contribution in [0.15, 0.2) is 12.1 Å². The molecule has 204 valence electrons. The van der Waals surface area contributed by atoms with Crippen molar-refractivity contribution in [1.29, 1.82) is 0 Å². The van der Waals surface area contributed by atoms with E-state index < -0.39 is 17.7 Å². The minimum absolute atomic E-state index is 0.379. The van der Waals surface area contributed by atoms with Gasteiger partial charge in [-0.15, -0.1) is 0 Å². The molecule has 3 atom stereocenters. The largest absolute Gasteiger partial charge is 0.496 e. The van der Waals surface area contributed by atoms with Gasteiger partial charge >= 0.3 is 0 Å². The van der Waals surface area contributed by atoms with Gasteiger partial charge in [0.2, 0.25) is 0 Å². The fourth-order valence-electron chi connectivity index (χ4n) is 5.58. The van der Waals surface area contributed by atoms with E-state index in [1.54, 1.807) is 35.4 Å². The van der Waals surface area contributed by atoms with Gasteiger partial charge in [-0.2, -0.15) is 0 Å². The van der Waals surface area contributed by atoms with Crippen LogP contribution in [0.2, 0.25) is 0 Å². The van der Waals surface area contributed by atoms with Crippen LogP contribution >= 0.6 is 0 Å². The second-order valence-corrected chi connectivity index (χ2v) is 9.83. The minimum atomic E-state index is -1.49. The van der Waals surface area contributed by atoms with Crippen LogP contribution in [0.3, 0.4) is 0 Å². The van der Waals surface area contributed by atoms with Gasteiger partial charge in [-0.3, -0.25) is 0 Å². The maximum absolute atomic E-state index is 11.8. The molecule has 3 unspecified atom stereocenters. The Bertz CT molecular complexity index is 1120. The van der Waals surface area contributed by atoms with E-state index in [2.05, 4.69) is 0 Å². The number of fused-ring (bicyclic) bond motifs is 2. The van der Waals surface area contributed by atoms with E-state index in [-0.39, 0.29) is 0 Å². The van der Waals surface area contributed by atoms with E-state index in [1.807, 2.05) is 12.1 Å². The zero-order chi connectivity index (χ0) is 26.7. The fraction of sp³-hybridized carbons (Fsp3) is 0.571. The molecular formula is C28H40N2O7. The van der Waals surface area contributed by atoms with E-state index in [1.165, 1.54) is 0 Å². The summed E-state index contributed by atoms with van der Waals surface area (Å²) in [6, 6.07) is 2.51. The lowest BCUT2D eigenvalue weighted by molar-refractivity contribution is 0.0163. The number of hydrogen-bond donors (Lipinski definition) is 3. The molecule has 37 heavy (non-hydrogen) atoms. The van der Waals surface area contributed by atoms with Crippen molar-refractivity contribution in [1.82, 2.24) is 0 Å². The Morgan fingerprint density at radius 3 is 1.92 bits per heavy atom. The van der Waals surface area contributed by atoms with Crippen molar-refractivity contribution in [3.8, 4) is 23.0 Å². The van der Waals surface area contributed by atoms with Gasteiger partial charge in [0.15, 0.2) is 0 Å². The maximum atomic E-state index is 11.8. The van der Waals surface area contributed by atoms with Gasteiger partial charge in [0, 0.05) is 33.9 Å². The van der Waals surface area contributed by atoms with Crippen LogP contribution in [-0.4, -0.2) is 58.8 Å². The standard InChI is InChI=1S/C28H40N2O7/c1-28(31,21-13-24(33-3)18-9-11-37-15-20(18)26(21)35-5)27(30)22(29)7-6-16-12-23(32-2)17-8-10-36-14-19(17)25(16)34-4/h12-13,22,27,31H,6-11,14-15,29-30H2,1-5H3. The van der Waals surface area contributed by atoms with Crippen LogP contribution in [-0.2, 0) is 47.6 Å². The van der Waals surface area contributed by atoms with Crippen LogP contribution < -0.4 is 30.4 Å². The molecule has 0 bridgehead atoms. The number of aryl methyl sites for hydroxylation is 1. The van der Waals surface area contributed by atoms with Crippen LogP contribution in [0.5, 0.6) is 23.0 Å². The molecule has 2 aromatic rings. The Morgan fingerprint density at radius 1 is 0.838 bits per heavy atom. The summed E-state index contributed by atoms with van der Waals surface area (Å²) in [4.78, 5) is 0. The first kappa shape index (κ1) is 27.5. The molecular weight excluding hydrogens is 476 g/mol. The summed E-state index contributed by atoms with van der Waals surface area (Å²) in [7, 11) is 6.54. The Labute approximate surface area is 218 Å². The van der Waals surface area contributed by atoms with E-state index >= 15 is 0 Å². The Morgan fingerprint density at radius 2 is 1.38 bits per heavy atom.